The number of halogens is 3. The van der Waals surface area contributed by atoms with Gasteiger partial charge in [-0.1, -0.05) is 0 Å². The number of aryl methyl sites for hydroxylation is 1. The van der Waals surface area contributed by atoms with Crippen molar-refractivity contribution in [2.75, 3.05) is 12.3 Å². The molecule has 1 aromatic carbocycles. The number of likely N-dealkylation sites (tertiary alicyclic amines) is 1. The Morgan fingerprint density at radius 3 is 2.72 bits per heavy atom. The highest BCUT2D eigenvalue weighted by atomic mass is 19.1. The lowest BCUT2D eigenvalue weighted by molar-refractivity contribution is 0.227. The van der Waals surface area contributed by atoms with Gasteiger partial charge in [-0.3, -0.25) is 4.90 Å². The van der Waals surface area contributed by atoms with Crippen molar-refractivity contribution in [1.29, 1.82) is 0 Å². The largest absolute Gasteiger partial charge is 0.461 e. The highest BCUT2D eigenvalue weighted by Crippen LogP contribution is 2.26. The molecule has 1 saturated heterocycles. The smallest absolute Gasteiger partial charge is 0.218 e. The van der Waals surface area contributed by atoms with E-state index in [1.165, 1.54) is 0 Å². The van der Waals surface area contributed by atoms with E-state index in [2.05, 4.69) is 15.1 Å². The molecule has 3 aromatic heterocycles. The van der Waals surface area contributed by atoms with Crippen LogP contribution in [0.4, 0.5) is 19.0 Å². The van der Waals surface area contributed by atoms with E-state index in [-0.39, 0.29) is 24.0 Å². The molecule has 1 aliphatic heterocycles. The fourth-order valence-electron chi connectivity index (χ4n) is 4.26. The number of furan rings is 1. The summed E-state index contributed by atoms with van der Waals surface area (Å²) < 4.78 is 48.3. The molecular weight excluding hydrogens is 421 g/mol. The second-order valence-corrected chi connectivity index (χ2v) is 7.95. The Morgan fingerprint density at radius 1 is 1.16 bits per heavy atom. The number of benzene rings is 1. The molecular formula is C22H21F3N6O. The maximum absolute atomic E-state index is 14.1. The van der Waals surface area contributed by atoms with Crippen molar-refractivity contribution in [1.82, 2.24) is 24.5 Å². The van der Waals surface area contributed by atoms with Crippen LogP contribution < -0.4 is 5.73 Å². The molecule has 1 aliphatic rings. The summed E-state index contributed by atoms with van der Waals surface area (Å²) in [5.41, 5.74) is 7.19. The van der Waals surface area contributed by atoms with E-state index in [4.69, 9.17) is 10.2 Å². The zero-order valence-electron chi connectivity index (χ0n) is 17.1. The van der Waals surface area contributed by atoms with Gasteiger partial charge in [0.15, 0.2) is 17.2 Å². The summed E-state index contributed by atoms with van der Waals surface area (Å²) in [6, 6.07) is 5.10. The van der Waals surface area contributed by atoms with E-state index in [0.717, 1.165) is 43.6 Å². The molecule has 0 bridgehead atoms. The van der Waals surface area contributed by atoms with Crippen LogP contribution >= 0.6 is 0 Å². The average Bonchev–Trinajstić information content (AvgIpc) is 3.49. The lowest BCUT2D eigenvalue weighted by Gasteiger charge is -2.25. The van der Waals surface area contributed by atoms with Gasteiger partial charge < -0.3 is 10.2 Å². The standard InChI is InChI=1S/C22H21F3N6O/c23-13-9-17(24)16(18(25)10-13)12-30-7-1-3-15(30)6-5-14-11-31-22(20(26)27-14)28-21(29-31)19-4-2-8-32-19/h2,4,8-11,15H,1,3,5-7,12H2,(H2,26,27). The van der Waals surface area contributed by atoms with Gasteiger partial charge >= 0.3 is 0 Å². The minimum atomic E-state index is -0.913. The van der Waals surface area contributed by atoms with Crippen LogP contribution in [0.15, 0.2) is 41.1 Å². The Balaban J connectivity index is 1.30. The average molecular weight is 442 g/mol. The number of hydrogen-bond acceptors (Lipinski definition) is 6. The summed E-state index contributed by atoms with van der Waals surface area (Å²) in [5.74, 6) is -1.39. The summed E-state index contributed by atoms with van der Waals surface area (Å²) in [4.78, 5) is 10.9. The fourth-order valence-corrected chi connectivity index (χ4v) is 4.26. The summed E-state index contributed by atoms with van der Waals surface area (Å²) in [6.07, 6.45) is 6.52. The third-order valence-electron chi connectivity index (χ3n) is 5.84. The zero-order valence-corrected chi connectivity index (χ0v) is 17.1. The second kappa shape index (κ2) is 8.27. The van der Waals surface area contributed by atoms with Crippen LogP contribution in [-0.4, -0.2) is 37.1 Å². The van der Waals surface area contributed by atoms with E-state index < -0.39 is 17.5 Å². The van der Waals surface area contributed by atoms with Crippen molar-refractivity contribution >= 4 is 11.5 Å². The van der Waals surface area contributed by atoms with Crippen LogP contribution in [0.2, 0.25) is 0 Å². The normalized spacial score (nSPS) is 16.9. The predicted molar refractivity (Wildman–Crippen MR) is 111 cm³/mol. The molecule has 166 valence electrons. The summed E-state index contributed by atoms with van der Waals surface area (Å²) in [6.45, 7) is 0.831. The van der Waals surface area contributed by atoms with Crippen LogP contribution in [0, 0.1) is 17.5 Å². The van der Waals surface area contributed by atoms with E-state index in [0.29, 0.717) is 23.7 Å². The lowest BCUT2D eigenvalue weighted by Crippen LogP contribution is -2.30. The van der Waals surface area contributed by atoms with Crippen molar-refractivity contribution in [3.05, 3.63) is 65.4 Å². The van der Waals surface area contributed by atoms with E-state index in [1.807, 2.05) is 4.90 Å². The maximum Gasteiger partial charge on any atom is 0.218 e. The number of fused-ring (bicyclic) bond motifs is 1. The van der Waals surface area contributed by atoms with E-state index >= 15 is 0 Å². The molecule has 0 saturated carbocycles. The van der Waals surface area contributed by atoms with Gasteiger partial charge in [-0.05, 0) is 44.4 Å². The highest BCUT2D eigenvalue weighted by Gasteiger charge is 2.27. The number of aromatic nitrogens is 4. The van der Waals surface area contributed by atoms with Gasteiger partial charge in [-0.25, -0.2) is 27.7 Å². The number of nitrogens with zero attached hydrogens (tertiary/aromatic N) is 5. The molecule has 0 spiro atoms. The Labute approximate surface area is 181 Å². The van der Waals surface area contributed by atoms with Crippen LogP contribution in [0.3, 0.4) is 0 Å². The molecule has 10 heteroatoms. The molecule has 0 amide bonds. The van der Waals surface area contributed by atoms with Crippen molar-refractivity contribution < 1.29 is 17.6 Å². The molecule has 4 aromatic rings. The molecule has 0 aliphatic carbocycles. The van der Waals surface area contributed by atoms with Gasteiger partial charge in [0.2, 0.25) is 5.82 Å². The maximum atomic E-state index is 14.1. The molecule has 4 heterocycles. The summed E-state index contributed by atoms with van der Waals surface area (Å²) in [7, 11) is 0. The van der Waals surface area contributed by atoms with Gasteiger partial charge in [0.05, 0.1) is 18.2 Å². The Bertz CT molecular complexity index is 1230. The molecule has 32 heavy (non-hydrogen) atoms. The highest BCUT2D eigenvalue weighted by molar-refractivity contribution is 5.63. The first-order valence-electron chi connectivity index (χ1n) is 10.4. The molecule has 1 atom stereocenters. The predicted octanol–water partition coefficient (Wildman–Crippen LogP) is 3.98. The zero-order chi connectivity index (χ0) is 22.2. The van der Waals surface area contributed by atoms with E-state index in [9.17, 15) is 13.2 Å². The number of nitrogen functional groups attached to an aromatic ring is 1. The minimum absolute atomic E-state index is 0.102. The first-order valence-corrected chi connectivity index (χ1v) is 10.4. The van der Waals surface area contributed by atoms with Crippen LogP contribution in [-0.2, 0) is 13.0 Å². The van der Waals surface area contributed by atoms with Crippen molar-refractivity contribution in [2.45, 2.75) is 38.3 Å². The monoisotopic (exact) mass is 442 g/mol. The number of anilines is 1. The third kappa shape index (κ3) is 3.93. The fraction of sp³-hybridized carbons (Fsp3) is 0.318. The first kappa shape index (κ1) is 20.5. The summed E-state index contributed by atoms with van der Waals surface area (Å²) in [5, 5.41) is 4.42. The van der Waals surface area contributed by atoms with Crippen LogP contribution in [0.1, 0.15) is 30.5 Å². The number of hydrogen-bond donors (Lipinski definition) is 1. The quantitative estimate of drug-likeness (QED) is 0.486. The van der Waals surface area contributed by atoms with Crippen LogP contribution in [0.5, 0.6) is 0 Å². The number of nitrogens with two attached hydrogens (primary N) is 1. The third-order valence-corrected chi connectivity index (χ3v) is 5.84. The van der Waals surface area contributed by atoms with Crippen molar-refractivity contribution in [2.24, 2.45) is 0 Å². The SMILES string of the molecule is Nc1nc(CCC2CCCN2Cc2c(F)cc(F)cc2F)cn2nc(-c3ccco3)nc12. The second-order valence-electron chi connectivity index (χ2n) is 7.95. The Morgan fingerprint density at radius 2 is 1.97 bits per heavy atom. The number of rotatable bonds is 6. The van der Waals surface area contributed by atoms with E-state index in [1.54, 1.807) is 29.1 Å². The Kier molecular flexibility index (Phi) is 5.30. The van der Waals surface area contributed by atoms with Gasteiger partial charge in [-0.2, -0.15) is 0 Å². The molecule has 1 unspecified atom stereocenters. The molecule has 2 N–H and O–H groups in total. The van der Waals surface area contributed by atoms with Crippen molar-refractivity contribution in [3.8, 4) is 11.6 Å². The van der Waals surface area contributed by atoms with Gasteiger partial charge in [0, 0.05) is 30.3 Å². The molecule has 1 fully saturated rings. The molecule has 0 radical (unpaired) electrons. The minimum Gasteiger partial charge on any atom is -0.461 e. The van der Waals surface area contributed by atoms with Gasteiger partial charge in [0.1, 0.15) is 17.5 Å². The van der Waals surface area contributed by atoms with Gasteiger partial charge in [-0.15, -0.1) is 5.10 Å². The topological polar surface area (TPSA) is 85.5 Å². The lowest BCUT2D eigenvalue weighted by atomic mass is 10.1. The molecule has 5 rings (SSSR count). The van der Waals surface area contributed by atoms with Crippen molar-refractivity contribution in [3.63, 3.8) is 0 Å². The summed E-state index contributed by atoms with van der Waals surface area (Å²) >= 11 is 0. The van der Waals surface area contributed by atoms with Gasteiger partial charge in [0.25, 0.3) is 0 Å². The molecule has 7 nitrogen and oxygen atoms in total. The first-order chi connectivity index (χ1) is 15.5. The van der Waals surface area contributed by atoms with Crippen LogP contribution in [0.25, 0.3) is 17.2 Å². The Hall–Kier alpha value is -3.40.